The quantitative estimate of drug-likeness (QED) is 0.920. The predicted molar refractivity (Wildman–Crippen MR) is 102 cm³/mol. The van der Waals surface area contributed by atoms with Gasteiger partial charge in [0.2, 0.25) is 5.91 Å². The molecule has 2 aromatic rings. The number of benzene rings is 1. The summed E-state index contributed by atoms with van der Waals surface area (Å²) in [5.74, 6) is 0.179. The van der Waals surface area contributed by atoms with Crippen molar-refractivity contribution in [2.45, 2.75) is 38.3 Å². The fourth-order valence-electron chi connectivity index (χ4n) is 4.11. The van der Waals surface area contributed by atoms with Crippen LogP contribution >= 0.6 is 0 Å². The summed E-state index contributed by atoms with van der Waals surface area (Å²) in [5, 5.41) is 9.51. The first-order valence-electron chi connectivity index (χ1n) is 9.34. The van der Waals surface area contributed by atoms with Crippen molar-refractivity contribution in [1.29, 1.82) is 0 Å². The van der Waals surface area contributed by atoms with Crippen molar-refractivity contribution in [3.05, 3.63) is 47.8 Å². The lowest BCUT2D eigenvalue weighted by Crippen LogP contribution is -2.31. The fraction of sp³-hybridized carbons (Fsp3) is 0.429. The molecular weight excluding hydrogens is 326 g/mol. The molecule has 0 spiro atoms. The van der Waals surface area contributed by atoms with E-state index in [1.54, 1.807) is 4.90 Å². The van der Waals surface area contributed by atoms with Gasteiger partial charge in [0.05, 0.1) is 6.61 Å². The predicted octanol–water partition coefficient (Wildman–Crippen LogP) is 2.61. The topological polar surface area (TPSA) is 56.7 Å². The van der Waals surface area contributed by atoms with Gasteiger partial charge in [-0.3, -0.25) is 14.7 Å². The number of aryl methyl sites for hydroxylation is 1. The van der Waals surface area contributed by atoms with Gasteiger partial charge in [-0.15, -0.1) is 0 Å². The van der Waals surface area contributed by atoms with Crippen LogP contribution in [0.4, 0.5) is 5.69 Å². The minimum atomic E-state index is 0.179. The van der Waals surface area contributed by atoms with Gasteiger partial charge in [0, 0.05) is 49.7 Å². The van der Waals surface area contributed by atoms with E-state index in [0.717, 1.165) is 49.2 Å². The minimum absolute atomic E-state index is 0.179. The van der Waals surface area contributed by atoms with Gasteiger partial charge in [-0.05, 0) is 60.7 Å². The first kappa shape index (κ1) is 17.2. The van der Waals surface area contributed by atoms with Gasteiger partial charge in [-0.1, -0.05) is 6.07 Å². The number of amides is 1. The van der Waals surface area contributed by atoms with Gasteiger partial charge in [-0.25, -0.2) is 0 Å². The standard InChI is InChI=1S/C21H25N3O2/c1-23-20-6-4-16(10-17(20)5-7-21(23)26)18-9-15(11-22-12-18)13-24-8-2-3-19(24)14-25/h4,6,9-12,19,25H,2-3,5,7-8,13-14H2,1H3/t19-/m0/s1. The van der Waals surface area contributed by atoms with Crippen LogP contribution in [-0.4, -0.2) is 47.1 Å². The lowest BCUT2D eigenvalue weighted by atomic mass is 9.96. The Bertz CT molecular complexity index is 821. The molecule has 1 atom stereocenters. The lowest BCUT2D eigenvalue weighted by molar-refractivity contribution is -0.118. The van der Waals surface area contributed by atoms with Crippen LogP contribution in [0.25, 0.3) is 11.1 Å². The molecule has 5 nitrogen and oxygen atoms in total. The average molecular weight is 351 g/mol. The van der Waals surface area contributed by atoms with Crippen molar-refractivity contribution in [1.82, 2.24) is 9.88 Å². The summed E-state index contributed by atoms with van der Waals surface area (Å²) < 4.78 is 0. The van der Waals surface area contributed by atoms with Crippen molar-refractivity contribution in [2.75, 3.05) is 25.1 Å². The Morgan fingerprint density at radius 2 is 2.08 bits per heavy atom. The summed E-state index contributed by atoms with van der Waals surface area (Å²) in [7, 11) is 1.84. The molecule has 0 radical (unpaired) electrons. The number of nitrogens with zero attached hydrogens (tertiary/aromatic N) is 3. The lowest BCUT2D eigenvalue weighted by Gasteiger charge is -2.26. The molecule has 0 saturated carbocycles. The van der Waals surface area contributed by atoms with E-state index in [0.29, 0.717) is 6.42 Å². The number of anilines is 1. The number of aliphatic hydroxyl groups is 1. The molecule has 0 aliphatic carbocycles. The zero-order valence-electron chi connectivity index (χ0n) is 15.2. The highest BCUT2D eigenvalue weighted by atomic mass is 16.3. The number of carbonyl (C=O) groups excluding carboxylic acids is 1. The zero-order valence-corrected chi connectivity index (χ0v) is 15.2. The Hall–Kier alpha value is -2.24. The monoisotopic (exact) mass is 351 g/mol. The van der Waals surface area contributed by atoms with E-state index in [1.807, 2.05) is 25.5 Å². The van der Waals surface area contributed by atoms with Crippen LogP contribution in [0.1, 0.15) is 30.4 Å². The Balaban J connectivity index is 1.58. The highest BCUT2D eigenvalue weighted by Gasteiger charge is 2.24. The maximum Gasteiger partial charge on any atom is 0.227 e. The molecule has 1 saturated heterocycles. The van der Waals surface area contributed by atoms with Crippen molar-refractivity contribution in [2.24, 2.45) is 0 Å². The average Bonchev–Trinajstić information content (AvgIpc) is 3.12. The van der Waals surface area contributed by atoms with Gasteiger partial charge in [0.25, 0.3) is 0 Å². The fourth-order valence-corrected chi connectivity index (χ4v) is 4.11. The molecule has 0 bridgehead atoms. The van der Waals surface area contributed by atoms with E-state index in [-0.39, 0.29) is 18.6 Å². The van der Waals surface area contributed by atoms with Crippen molar-refractivity contribution >= 4 is 11.6 Å². The third kappa shape index (κ3) is 3.24. The Morgan fingerprint density at radius 1 is 1.19 bits per heavy atom. The minimum Gasteiger partial charge on any atom is -0.395 e. The van der Waals surface area contributed by atoms with Crippen LogP contribution in [0.3, 0.4) is 0 Å². The molecule has 26 heavy (non-hydrogen) atoms. The number of aromatic nitrogens is 1. The second-order valence-electron chi connectivity index (χ2n) is 7.33. The van der Waals surface area contributed by atoms with Crippen LogP contribution in [0, 0.1) is 0 Å². The maximum atomic E-state index is 11.9. The van der Waals surface area contributed by atoms with E-state index >= 15 is 0 Å². The zero-order chi connectivity index (χ0) is 18.1. The number of hydrogen-bond acceptors (Lipinski definition) is 4. The smallest absolute Gasteiger partial charge is 0.227 e. The molecular formula is C21H25N3O2. The summed E-state index contributed by atoms with van der Waals surface area (Å²) in [6.45, 7) is 2.09. The molecule has 0 unspecified atom stereocenters. The summed E-state index contributed by atoms with van der Waals surface area (Å²) in [6.07, 6.45) is 7.40. The summed E-state index contributed by atoms with van der Waals surface area (Å²) in [6, 6.07) is 8.76. The molecule has 3 heterocycles. The number of aliphatic hydroxyl groups excluding tert-OH is 1. The highest BCUT2D eigenvalue weighted by molar-refractivity contribution is 5.96. The van der Waals surface area contributed by atoms with Gasteiger partial charge in [-0.2, -0.15) is 0 Å². The number of carbonyl (C=O) groups is 1. The van der Waals surface area contributed by atoms with Crippen LogP contribution in [0.15, 0.2) is 36.7 Å². The summed E-state index contributed by atoms with van der Waals surface area (Å²) >= 11 is 0. The number of rotatable bonds is 4. The SMILES string of the molecule is CN1C(=O)CCc2cc(-c3cncc(CN4CCC[C@H]4CO)c3)ccc21. The number of likely N-dealkylation sites (tertiary alicyclic amines) is 1. The maximum absolute atomic E-state index is 11.9. The third-order valence-corrected chi connectivity index (χ3v) is 5.65. The van der Waals surface area contributed by atoms with Gasteiger partial charge >= 0.3 is 0 Å². The molecule has 2 aliphatic heterocycles. The molecule has 1 fully saturated rings. The molecule has 5 heteroatoms. The normalized spacial score (nSPS) is 20.5. The van der Waals surface area contributed by atoms with Crippen molar-refractivity contribution in [3.63, 3.8) is 0 Å². The molecule has 136 valence electrons. The van der Waals surface area contributed by atoms with Crippen molar-refractivity contribution in [3.8, 4) is 11.1 Å². The largest absolute Gasteiger partial charge is 0.395 e. The number of hydrogen-bond donors (Lipinski definition) is 1. The summed E-state index contributed by atoms with van der Waals surface area (Å²) in [5.41, 5.74) is 5.64. The van der Waals surface area contributed by atoms with Crippen LogP contribution in [-0.2, 0) is 17.8 Å². The molecule has 4 rings (SSSR count). The Morgan fingerprint density at radius 3 is 2.92 bits per heavy atom. The summed E-state index contributed by atoms with van der Waals surface area (Å²) in [4.78, 5) is 20.4. The van der Waals surface area contributed by atoms with E-state index in [1.165, 1.54) is 11.1 Å². The van der Waals surface area contributed by atoms with E-state index in [9.17, 15) is 9.90 Å². The van der Waals surface area contributed by atoms with Crippen molar-refractivity contribution < 1.29 is 9.90 Å². The third-order valence-electron chi connectivity index (χ3n) is 5.65. The molecule has 1 N–H and O–H groups in total. The molecule has 1 aromatic heterocycles. The number of pyridine rings is 1. The van der Waals surface area contributed by atoms with Gasteiger partial charge in [0.1, 0.15) is 0 Å². The van der Waals surface area contributed by atoms with Crippen LogP contribution in [0.5, 0.6) is 0 Å². The van der Waals surface area contributed by atoms with E-state index in [4.69, 9.17) is 0 Å². The number of fused-ring (bicyclic) bond motifs is 1. The highest BCUT2D eigenvalue weighted by Crippen LogP contribution is 2.31. The first-order chi connectivity index (χ1) is 12.7. The molecule has 1 amide bonds. The van der Waals surface area contributed by atoms with E-state index < -0.39 is 0 Å². The molecule has 1 aromatic carbocycles. The second-order valence-corrected chi connectivity index (χ2v) is 7.33. The first-order valence-corrected chi connectivity index (χ1v) is 9.34. The Labute approximate surface area is 154 Å². The van der Waals surface area contributed by atoms with Crippen LogP contribution in [0.2, 0.25) is 0 Å². The molecule has 2 aliphatic rings. The second kappa shape index (κ2) is 7.17. The Kier molecular flexibility index (Phi) is 4.74. The van der Waals surface area contributed by atoms with E-state index in [2.05, 4.69) is 28.1 Å². The van der Waals surface area contributed by atoms with Gasteiger partial charge in [0.15, 0.2) is 0 Å². The van der Waals surface area contributed by atoms with Crippen LogP contribution < -0.4 is 4.90 Å². The van der Waals surface area contributed by atoms with Gasteiger partial charge < -0.3 is 10.0 Å².